The molecule has 2 heterocycles. The van der Waals surface area contributed by atoms with Crippen molar-refractivity contribution in [2.45, 2.75) is 6.04 Å². The number of thiophene rings is 1. The summed E-state index contributed by atoms with van der Waals surface area (Å²) in [5.74, 6) is 0. The molecular formula is C15H16Cl2N2S. The summed E-state index contributed by atoms with van der Waals surface area (Å²) in [6, 6.07) is 10.2. The molecule has 1 saturated heterocycles. The number of nitrogens with one attached hydrogen (secondary N) is 1. The fourth-order valence-corrected chi connectivity index (χ4v) is 3.92. The summed E-state index contributed by atoms with van der Waals surface area (Å²) in [7, 11) is 0. The second-order valence-corrected chi connectivity index (χ2v) is 6.69. The van der Waals surface area contributed by atoms with Gasteiger partial charge in [0.25, 0.3) is 0 Å². The van der Waals surface area contributed by atoms with Crippen molar-refractivity contribution in [1.82, 2.24) is 10.2 Å². The van der Waals surface area contributed by atoms with Gasteiger partial charge in [0.1, 0.15) is 0 Å². The van der Waals surface area contributed by atoms with Gasteiger partial charge in [0, 0.05) is 41.1 Å². The molecule has 1 aromatic carbocycles. The van der Waals surface area contributed by atoms with Gasteiger partial charge >= 0.3 is 0 Å². The third-order valence-corrected chi connectivity index (χ3v) is 5.09. The third-order valence-electron chi connectivity index (χ3n) is 3.58. The molecule has 106 valence electrons. The molecule has 1 atom stereocenters. The minimum absolute atomic E-state index is 0.197. The largest absolute Gasteiger partial charge is 0.314 e. The number of benzene rings is 1. The van der Waals surface area contributed by atoms with Crippen LogP contribution in [-0.2, 0) is 0 Å². The predicted molar refractivity (Wildman–Crippen MR) is 87.1 cm³/mol. The average Bonchev–Trinajstić information content (AvgIpc) is 2.98. The molecule has 2 aromatic rings. The molecule has 0 bridgehead atoms. The van der Waals surface area contributed by atoms with Gasteiger partial charge in [0.2, 0.25) is 0 Å². The molecule has 0 spiro atoms. The summed E-state index contributed by atoms with van der Waals surface area (Å²) < 4.78 is 0. The Labute approximate surface area is 133 Å². The lowest BCUT2D eigenvalue weighted by Crippen LogP contribution is -2.45. The van der Waals surface area contributed by atoms with Crippen LogP contribution in [0.15, 0.2) is 35.7 Å². The normalized spacial score (nSPS) is 18.1. The zero-order valence-electron chi connectivity index (χ0n) is 11.0. The quantitative estimate of drug-likeness (QED) is 0.915. The number of nitrogens with zero attached hydrogens (tertiary/aromatic N) is 1. The zero-order valence-corrected chi connectivity index (χ0v) is 13.3. The first-order valence-corrected chi connectivity index (χ1v) is 8.32. The fourth-order valence-electron chi connectivity index (χ4n) is 2.64. The van der Waals surface area contributed by atoms with Crippen LogP contribution in [0.25, 0.3) is 0 Å². The minimum Gasteiger partial charge on any atom is -0.314 e. The molecule has 0 radical (unpaired) electrons. The molecule has 1 N–H and O–H groups in total. The summed E-state index contributed by atoms with van der Waals surface area (Å²) in [4.78, 5) is 3.79. The van der Waals surface area contributed by atoms with Gasteiger partial charge in [0.15, 0.2) is 0 Å². The molecular weight excluding hydrogens is 311 g/mol. The van der Waals surface area contributed by atoms with Gasteiger partial charge in [-0.25, -0.2) is 0 Å². The molecule has 0 unspecified atom stereocenters. The number of halogens is 2. The van der Waals surface area contributed by atoms with Crippen molar-refractivity contribution >= 4 is 34.5 Å². The van der Waals surface area contributed by atoms with Gasteiger partial charge in [-0.05, 0) is 35.2 Å². The number of hydrogen-bond acceptors (Lipinski definition) is 3. The van der Waals surface area contributed by atoms with E-state index in [2.05, 4.69) is 27.7 Å². The third kappa shape index (κ3) is 3.02. The first-order valence-electron chi connectivity index (χ1n) is 6.69. The number of rotatable bonds is 3. The lowest BCUT2D eigenvalue weighted by molar-refractivity contribution is 0.201. The predicted octanol–water partition coefficient (Wildman–Crippen LogP) is 4.05. The van der Waals surface area contributed by atoms with Crippen molar-refractivity contribution in [3.8, 4) is 0 Å². The van der Waals surface area contributed by atoms with Gasteiger partial charge in [-0.1, -0.05) is 29.3 Å². The van der Waals surface area contributed by atoms with E-state index in [1.807, 2.05) is 18.2 Å². The van der Waals surface area contributed by atoms with E-state index in [9.17, 15) is 0 Å². The van der Waals surface area contributed by atoms with Crippen LogP contribution in [0.5, 0.6) is 0 Å². The Kier molecular flexibility index (Phi) is 4.64. The monoisotopic (exact) mass is 326 g/mol. The van der Waals surface area contributed by atoms with E-state index in [1.165, 1.54) is 4.88 Å². The lowest BCUT2D eigenvalue weighted by atomic mass is 10.0. The van der Waals surface area contributed by atoms with Crippen molar-refractivity contribution < 1.29 is 0 Å². The first kappa shape index (κ1) is 14.4. The Morgan fingerprint density at radius 1 is 1.15 bits per heavy atom. The van der Waals surface area contributed by atoms with Gasteiger partial charge < -0.3 is 5.32 Å². The van der Waals surface area contributed by atoms with Crippen molar-refractivity contribution in [2.75, 3.05) is 26.2 Å². The van der Waals surface area contributed by atoms with E-state index in [0.29, 0.717) is 0 Å². The van der Waals surface area contributed by atoms with E-state index < -0.39 is 0 Å². The van der Waals surface area contributed by atoms with Crippen LogP contribution in [0.2, 0.25) is 10.0 Å². The van der Waals surface area contributed by atoms with E-state index in [1.54, 1.807) is 11.3 Å². The number of piperazine rings is 1. The minimum atomic E-state index is 0.197. The molecule has 2 nitrogen and oxygen atoms in total. The van der Waals surface area contributed by atoms with Crippen LogP contribution in [0.3, 0.4) is 0 Å². The molecule has 20 heavy (non-hydrogen) atoms. The van der Waals surface area contributed by atoms with E-state index >= 15 is 0 Å². The van der Waals surface area contributed by atoms with E-state index in [-0.39, 0.29) is 6.04 Å². The second-order valence-electron chi connectivity index (χ2n) is 4.87. The number of hydrogen-bond donors (Lipinski definition) is 1. The standard InChI is InChI=1S/C15H16Cl2N2S/c16-11-3-4-13(17)12(10-11)15(14-2-1-9-20-14)19-7-5-18-6-8-19/h1-4,9-10,15,18H,5-8H2/t15-/m1/s1. The van der Waals surface area contributed by atoms with Crippen LogP contribution in [0.4, 0.5) is 0 Å². The van der Waals surface area contributed by atoms with Crippen molar-refractivity contribution in [3.05, 3.63) is 56.2 Å². The molecule has 0 amide bonds. The lowest BCUT2D eigenvalue weighted by Gasteiger charge is -2.35. The van der Waals surface area contributed by atoms with Gasteiger partial charge in [-0.3, -0.25) is 4.90 Å². The van der Waals surface area contributed by atoms with Crippen LogP contribution in [-0.4, -0.2) is 31.1 Å². The fraction of sp³-hybridized carbons (Fsp3) is 0.333. The second kappa shape index (κ2) is 6.46. The summed E-state index contributed by atoms with van der Waals surface area (Å²) in [6.45, 7) is 4.07. The molecule has 1 aliphatic rings. The molecule has 1 aromatic heterocycles. The highest BCUT2D eigenvalue weighted by molar-refractivity contribution is 7.10. The van der Waals surface area contributed by atoms with Crippen LogP contribution in [0, 0.1) is 0 Å². The Balaban J connectivity index is 2.02. The Morgan fingerprint density at radius 3 is 2.65 bits per heavy atom. The Bertz CT molecular complexity index is 565. The van der Waals surface area contributed by atoms with Gasteiger partial charge in [-0.15, -0.1) is 11.3 Å². The van der Waals surface area contributed by atoms with E-state index in [4.69, 9.17) is 23.2 Å². The highest BCUT2D eigenvalue weighted by Gasteiger charge is 2.26. The molecule has 1 fully saturated rings. The summed E-state index contributed by atoms with van der Waals surface area (Å²) in [6.07, 6.45) is 0. The zero-order chi connectivity index (χ0) is 13.9. The molecule has 0 saturated carbocycles. The Morgan fingerprint density at radius 2 is 1.95 bits per heavy atom. The van der Waals surface area contributed by atoms with E-state index in [0.717, 1.165) is 41.8 Å². The summed E-state index contributed by atoms with van der Waals surface area (Å²) in [5.41, 5.74) is 1.10. The van der Waals surface area contributed by atoms with Crippen molar-refractivity contribution in [1.29, 1.82) is 0 Å². The SMILES string of the molecule is Clc1ccc(Cl)c([C@H](c2cccs2)N2CCNCC2)c1. The maximum Gasteiger partial charge on any atom is 0.0712 e. The van der Waals surface area contributed by atoms with Gasteiger partial charge in [0.05, 0.1) is 6.04 Å². The first-order chi connectivity index (χ1) is 9.75. The molecule has 0 aliphatic carbocycles. The molecule has 1 aliphatic heterocycles. The highest BCUT2D eigenvalue weighted by Crippen LogP contribution is 2.37. The van der Waals surface area contributed by atoms with Crippen LogP contribution < -0.4 is 5.32 Å². The molecule has 5 heteroatoms. The smallest absolute Gasteiger partial charge is 0.0712 e. The summed E-state index contributed by atoms with van der Waals surface area (Å²) >= 11 is 14.4. The van der Waals surface area contributed by atoms with Crippen LogP contribution in [0.1, 0.15) is 16.5 Å². The highest BCUT2D eigenvalue weighted by atomic mass is 35.5. The topological polar surface area (TPSA) is 15.3 Å². The van der Waals surface area contributed by atoms with Gasteiger partial charge in [-0.2, -0.15) is 0 Å². The maximum absolute atomic E-state index is 6.43. The average molecular weight is 327 g/mol. The molecule has 3 rings (SSSR count). The summed E-state index contributed by atoms with van der Waals surface area (Å²) in [5, 5.41) is 7.03. The van der Waals surface area contributed by atoms with Crippen molar-refractivity contribution in [2.24, 2.45) is 0 Å². The van der Waals surface area contributed by atoms with Crippen molar-refractivity contribution in [3.63, 3.8) is 0 Å². The van der Waals surface area contributed by atoms with Crippen LogP contribution >= 0.6 is 34.5 Å². The Hall–Kier alpha value is -0.580. The maximum atomic E-state index is 6.43.